The summed E-state index contributed by atoms with van der Waals surface area (Å²) in [5.74, 6) is -0.227. The highest BCUT2D eigenvalue weighted by Gasteiger charge is 2.10. The Morgan fingerprint density at radius 2 is 1.58 bits per heavy atom. The van der Waals surface area contributed by atoms with Crippen LogP contribution in [-0.2, 0) is 12.8 Å². The van der Waals surface area contributed by atoms with Crippen LogP contribution in [0.25, 0.3) is 0 Å². The lowest BCUT2D eigenvalue weighted by Gasteiger charge is -2.14. The maximum atomic E-state index is 13.0. The van der Waals surface area contributed by atoms with Gasteiger partial charge in [-0.05, 0) is 61.1 Å². The number of aliphatic hydroxyl groups excluding tert-OH is 1. The average molecular weight is 258 g/mol. The summed E-state index contributed by atoms with van der Waals surface area (Å²) >= 11 is 0. The van der Waals surface area contributed by atoms with E-state index in [1.54, 1.807) is 6.07 Å². The number of halogens is 1. The first-order valence-corrected chi connectivity index (χ1v) is 6.54. The van der Waals surface area contributed by atoms with E-state index < -0.39 is 6.10 Å². The Bertz CT molecular complexity index is 563. The summed E-state index contributed by atoms with van der Waals surface area (Å²) in [5.41, 5.74) is 4.25. The normalized spacial score (nSPS) is 12.4. The number of benzene rings is 2. The van der Waals surface area contributed by atoms with Crippen molar-refractivity contribution in [1.82, 2.24) is 0 Å². The number of hydrogen-bond donors (Lipinski definition) is 1. The third-order valence-electron chi connectivity index (χ3n) is 3.48. The maximum absolute atomic E-state index is 13.0. The minimum atomic E-state index is -0.440. The van der Waals surface area contributed by atoms with Crippen LogP contribution in [0, 0.1) is 19.7 Å². The quantitative estimate of drug-likeness (QED) is 0.888. The van der Waals surface area contributed by atoms with Crippen molar-refractivity contribution in [2.45, 2.75) is 32.8 Å². The molecule has 0 bridgehead atoms. The summed E-state index contributed by atoms with van der Waals surface area (Å²) in [6.07, 6.45) is 0.745. The van der Waals surface area contributed by atoms with Gasteiger partial charge >= 0.3 is 0 Å². The van der Waals surface area contributed by atoms with Gasteiger partial charge < -0.3 is 5.11 Å². The third-order valence-corrected chi connectivity index (χ3v) is 3.48. The highest BCUT2D eigenvalue weighted by Crippen LogP contribution is 2.16. The summed E-state index contributed by atoms with van der Waals surface area (Å²) < 4.78 is 13.0. The first-order valence-electron chi connectivity index (χ1n) is 6.54. The lowest BCUT2D eigenvalue weighted by Crippen LogP contribution is -2.15. The third kappa shape index (κ3) is 3.65. The van der Waals surface area contributed by atoms with E-state index in [1.807, 2.05) is 38.1 Å². The van der Waals surface area contributed by atoms with Gasteiger partial charge in [-0.3, -0.25) is 0 Å². The van der Waals surface area contributed by atoms with Crippen LogP contribution >= 0.6 is 0 Å². The van der Waals surface area contributed by atoms with Crippen molar-refractivity contribution in [1.29, 1.82) is 0 Å². The van der Waals surface area contributed by atoms with E-state index in [1.165, 1.54) is 17.7 Å². The first kappa shape index (κ1) is 13.8. The van der Waals surface area contributed by atoms with Crippen LogP contribution in [0.3, 0.4) is 0 Å². The van der Waals surface area contributed by atoms with Gasteiger partial charge in [-0.2, -0.15) is 0 Å². The van der Waals surface area contributed by atoms with Crippen molar-refractivity contribution in [3.05, 3.63) is 70.5 Å². The molecule has 100 valence electrons. The standard InChI is InChI=1S/C17H19FO/c1-12-5-3-4-6-14(12)10-17(19)11-15-7-8-16(18)9-13(15)2/h3-9,17,19H,10-11H2,1-2H3. The van der Waals surface area contributed by atoms with Crippen molar-refractivity contribution < 1.29 is 9.50 Å². The highest BCUT2D eigenvalue weighted by atomic mass is 19.1. The van der Waals surface area contributed by atoms with Crippen molar-refractivity contribution in [2.24, 2.45) is 0 Å². The second-order valence-electron chi connectivity index (χ2n) is 5.06. The molecule has 2 rings (SSSR count). The largest absolute Gasteiger partial charge is 0.392 e. The molecule has 0 aliphatic rings. The lowest BCUT2D eigenvalue weighted by molar-refractivity contribution is 0.175. The Hall–Kier alpha value is -1.67. The van der Waals surface area contributed by atoms with Gasteiger partial charge in [0, 0.05) is 0 Å². The van der Waals surface area contributed by atoms with E-state index >= 15 is 0 Å². The molecule has 1 atom stereocenters. The molecular weight excluding hydrogens is 239 g/mol. The van der Waals surface area contributed by atoms with Gasteiger partial charge in [-0.15, -0.1) is 0 Å². The van der Waals surface area contributed by atoms with E-state index in [4.69, 9.17) is 0 Å². The zero-order valence-electron chi connectivity index (χ0n) is 11.4. The number of aliphatic hydroxyl groups is 1. The molecule has 0 heterocycles. The van der Waals surface area contributed by atoms with Gasteiger partial charge in [0.2, 0.25) is 0 Å². The van der Waals surface area contributed by atoms with Gasteiger partial charge in [0.15, 0.2) is 0 Å². The molecule has 0 spiro atoms. The molecule has 2 heteroatoms. The Balaban J connectivity index is 2.05. The molecule has 0 saturated carbocycles. The molecule has 0 saturated heterocycles. The molecule has 1 N–H and O–H groups in total. The van der Waals surface area contributed by atoms with Crippen LogP contribution in [0.4, 0.5) is 4.39 Å². The van der Waals surface area contributed by atoms with Crippen LogP contribution in [0.1, 0.15) is 22.3 Å². The summed E-state index contributed by atoms with van der Waals surface area (Å²) in [5, 5.41) is 10.2. The Morgan fingerprint density at radius 1 is 0.947 bits per heavy atom. The Labute approximate surface area is 113 Å². The Morgan fingerprint density at radius 3 is 2.21 bits per heavy atom. The molecule has 1 nitrogen and oxygen atoms in total. The van der Waals surface area contributed by atoms with Gasteiger partial charge in [0.05, 0.1) is 6.10 Å². The fourth-order valence-electron chi connectivity index (χ4n) is 2.31. The maximum Gasteiger partial charge on any atom is 0.123 e. The van der Waals surface area contributed by atoms with Crippen LogP contribution in [-0.4, -0.2) is 11.2 Å². The van der Waals surface area contributed by atoms with E-state index in [-0.39, 0.29) is 5.82 Å². The summed E-state index contributed by atoms with van der Waals surface area (Å²) in [4.78, 5) is 0. The van der Waals surface area contributed by atoms with Crippen molar-refractivity contribution in [2.75, 3.05) is 0 Å². The van der Waals surface area contributed by atoms with E-state index in [0.29, 0.717) is 12.8 Å². The molecular formula is C17H19FO. The first-order chi connectivity index (χ1) is 9.06. The van der Waals surface area contributed by atoms with Gasteiger partial charge in [-0.25, -0.2) is 4.39 Å². The SMILES string of the molecule is Cc1ccccc1CC(O)Cc1ccc(F)cc1C. The van der Waals surface area contributed by atoms with E-state index in [0.717, 1.165) is 16.7 Å². The number of hydrogen-bond acceptors (Lipinski definition) is 1. The summed E-state index contributed by atoms with van der Waals surface area (Å²) in [7, 11) is 0. The van der Waals surface area contributed by atoms with E-state index in [2.05, 4.69) is 0 Å². The molecule has 1 unspecified atom stereocenters. The Kier molecular flexibility index (Phi) is 4.33. The van der Waals surface area contributed by atoms with E-state index in [9.17, 15) is 9.50 Å². The lowest BCUT2D eigenvalue weighted by atomic mass is 9.96. The molecule has 2 aromatic rings. The molecule has 0 radical (unpaired) electrons. The fourth-order valence-corrected chi connectivity index (χ4v) is 2.31. The van der Waals surface area contributed by atoms with Crippen molar-refractivity contribution >= 4 is 0 Å². The van der Waals surface area contributed by atoms with Crippen molar-refractivity contribution in [3.63, 3.8) is 0 Å². The molecule has 2 aromatic carbocycles. The fraction of sp³-hybridized carbons (Fsp3) is 0.294. The van der Waals surface area contributed by atoms with Crippen LogP contribution in [0.5, 0.6) is 0 Å². The summed E-state index contributed by atoms with van der Waals surface area (Å²) in [6.45, 7) is 3.92. The van der Waals surface area contributed by atoms with Crippen LogP contribution < -0.4 is 0 Å². The zero-order chi connectivity index (χ0) is 13.8. The second kappa shape index (κ2) is 5.98. The van der Waals surface area contributed by atoms with Crippen LogP contribution in [0.2, 0.25) is 0 Å². The minimum absolute atomic E-state index is 0.227. The molecule has 0 aliphatic carbocycles. The predicted octanol–water partition coefficient (Wildman–Crippen LogP) is 3.59. The average Bonchev–Trinajstić information content (AvgIpc) is 2.36. The molecule has 0 aliphatic heterocycles. The minimum Gasteiger partial charge on any atom is -0.392 e. The zero-order valence-corrected chi connectivity index (χ0v) is 11.4. The molecule has 19 heavy (non-hydrogen) atoms. The summed E-state index contributed by atoms with van der Waals surface area (Å²) in [6, 6.07) is 12.8. The van der Waals surface area contributed by atoms with Crippen molar-refractivity contribution in [3.8, 4) is 0 Å². The number of rotatable bonds is 4. The molecule has 0 aromatic heterocycles. The number of aryl methyl sites for hydroxylation is 2. The molecule has 0 amide bonds. The highest BCUT2D eigenvalue weighted by molar-refractivity contribution is 5.29. The van der Waals surface area contributed by atoms with Gasteiger partial charge in [0.25, 0.3) is 0 Å². The van der Waals surface area contributed by atoms with Gasteiger partial charge in [-0.1, -0.05) is 30.3 Å². The van der Waals surface area contributed by atoms with Crippen LogP contribution in [0.15, 0.2) is 42.5 Å². The molecule has 0 fully saturated rings. The monoisotopic (exact) mass is 258 g/mol. The smallest absolute Gasteiger partial charge is 0.123 e. The predicted molar refractivity (Wildman–Crippen MR) is 75.7 cm³/mol. The topological polar surface area (TPSA) is 20.2 Å². The second-order valence-corrected chi connectivity index (χ2v) is 5.06. The van der Waals surface area contributed by atoms with Gasteiger partial charge in [0.1, 0.15) is 5.82 Å².